The lowest BCUT2D eigenvalue weighted by Crippen LogP contribution is -2.42. The van der Waals surface area contributed by atoms with Crippen LogP contribution in [0, 0.1) is 11.8 Å². The van der Waals surface area contributed by atoms with Crippen molar-refractivity contribution in [1.82, 2.24) is 4.31 Å². The Balaban J connectivity index is 2.21. The summed E-state index contributed by atoms with van der Waals surface area (Å²) < 4.78 is 32.2. The number of hydrogen-bond donors (Lipinski definition) is 0. The van der Waals surface area contributed by atoms with Gasteiger partial charge < -0.3 is 4.74 Å². The molecule has 0 amide bonds. The van der Waals surface area contributed by atoms with E-state index in [4.69, 9.17) is 4.74 Å². The van der Waals surface area contributed by atoms with E-state index >= 15 is 0 Å². The second-order valence-electron chi connectivity index (χ2n) is 5.67. The van der Waals surface area contributed by atoms with E-state index in [9.17, 15) is 8.42 Å². The Labute approximate surface area is 121 Å². The van der Waals surface area contributed by atoms with E-state index < -0.39 is 10.0 Å². The molecule has 1 aliphatic rings. The van der Waals surface area contributed by atoms with Crippen molar-refractivity contribution in [3.8, 4) is 5.75 Å². The average molecular weight is 297 g/mol. The normalized spacial score (nSPS) is 24.6. The summed E-state index contributed by atoms with van der Waals surface area (Å²) in [4.78, 5) is 0.349. The predicted octanol–water partition coefficient (Wildman–Crippen LogP) is 2.75. The fourth-order valence-electron chi connectivity index (χ4n) is 2.83. The van der Waals surface area contributed by atoms with Gasteiger partial charge in [0.25, 0.3) is 0 Å². The molecule has 20 heavy (non-hydrogen) atoms. The molecule has 1 fully saturated rings. The van der Waals surface area contributed by atoms with Crippen molar-refractivity contribution < 1.29 is 13.2 Å². The van der Waals surface area contributed by atoms with Gasteiger partial charge in [0.1, 0.15) is 5.75 Å². The Bertz CT molecular complexity index is 529. The number of nitrogens with zero attached hydrogens (tertiary/aromatic N) is 1. The minimum absolute atomic E-state index is 0.349. The highest BCUT2D eigenvalue weighted by Crippen LogP contribution is 2.27. The molecule has 0 unspecified atom stereocenters. The number of ether oxygens (including phenoxy) is 1. The van der Waals surface area contributed by atoms with Gasteiger partial charge in [0.15, 0.2) is 0 Å². The molecule has 0 saturated carbocycles. The number of piperidine rings is 1. The van der Waals surface area contributed by atoms with Crippen LogP contribution in [0.15, 0.2) is 29.2 Å². The van der Waals surface area contributed by atoms with Gasteiger partial charge in [-0.25, -0.2) is 8.42 Å². The summed E-state index contributed by atoms with van der Waals surface area (Å²) in [5.41, 5.74) is 0. The Kier molecular flexibility index (Phi) is 4.70. The Morgan fingerprint density at radius 3 is 2.20 bits per heavy atom. The molecular weight excluding hydrogens is 274 g/mol. The van der Waals surface area contributed by atoms with Crippen LogP contribution in [-0.4, -0.2) is 32.4 Å². The minimum atomic E-state index is -3.38. The van der Waals surface area contributed by atoms with Crippen LogP contribution in [0.25, 0.3) is 0 Å². The molecule has 5 heteroatoms. The molecule has 0 bridgehead atoms. The molecule has 0 aromatic heterocycles. The van der Waals surface area contributed by atoms with Gasteiger partial charge in [-0.15, -0.1) is 0 Å². The first-order valence-corrected chi connectivity index (χ1v) is 8.60. The van der Waals surface area contributed by atoms with Crippen LogP contribution >= 0.6 is 0 Å². The quantitative estimate of drug-likeness (QED) is 0.858. The summed E-state index contributed by atoms with van der Waals surface area (Å²) in [7, 11) is -3.38. The first-order valence-electron chi connectivity index (χ1n) is 7.16. The number of rotatable bonds is 4. The molecule has 1 aliphatic heterocycles. The maximum Gasteiger partial charge on any atom is 0.243 e. The van der Waals surface area contributed by atoms with Gasteiger partial charge in [-0.2, -0.15) is 4.31 Å². The zero-order chi connectivity index (χ0) is 14.8. The van der Waals surface area contributed by atoms with E-state index in [-0.39, 0.29) is 0 Å². The smallest absolute Gasteiger partial charge is 0.243 e. The van der Waals surface area contributed by atoms with E-state index in [1.54, 1.807) is 28.6 Å². The lowest BCUT2D eigenvalue weighted by Gasteiger charge is -2.34. The fraction of sp³-hybridized carbons (Fsp3) is 0.600. The van der Waals surface area contributed by atoms with Crippen molar-refractivity contribution in [1.29, 1.82) is 0 Å². The molecule has 1 aromatic rings. The third kappa shape index (κ3) is 3.33. The monoisotopic (exact) mass is 297 g/mol. The lowest BCUT2D eigenvalue weighted by molar-refractivity contribution is 0.222. The van der Waals surface area contributed by atoms with Gasteiger partial charge in [-0.3, -0.25) is 0 Å². The molecular formula is C15H23NO3S. The van der Waals surface area contributed by atoms with Gasteiger partial charge >= 0.3 is 0 Å². The summed E-state index contributed by atoms with van der Waals surface area (Å²) >= 11 is 0. The van der Waals surface area contributed by atoms with E-state index in [1.165, 1.54) is 0 Å². The zero-order valence-corrected chi connectivity index (χ0v) is 13.2. The topological polar surface area (TPSA) is 46.6 Å². The first-order chi connectivity index (χ1) is 9.43. The maximum atomic E-state index is 12.6. The molecule has 0 aliphatic carbocycles. The van der Waals surface area contributed by atoms with Crippen LogP contribution in [0.4, 0.5) is 0 Å². The minimum Gasteiger partial charge on any atom is -0.494 e. The van der Waals surface area contributed by atoms with Crippen LogP contribution in [0.1, 0.15) is 27.2 Å². The first kappa shape index (κ1) is 15.3. The van der Waals surface area contributed by atoms with Crippen LogP contribution in [0.2, 0.25) is 0 Å². The highest BCUT2D eigenvalue weighted by Gasteiger charge is 2.31. The average Bonchev–Trinajstić information content (AvgIpc) is 2.38. The molecule has 0 radical (unpaired) electrons. The Morgan fingerprint density at radius 2 is 1.70 bits per heavy atom. The van der Waals surface area contributed by atoms with Crippen LogP contribution < -0.4 is 4.74 Å². The Morgan fingerprint density at radius 1 is 1.15 bits per heavy atom. The maximum absolute atomic E-state index is 12.6. The van der Waals surface area contributed by atoms with Crippen LogP contribution in [0.3, 0.4) is 0 Å². The third-order valence-corrected chi connectivity index (χ3v) is 5.45. The van der Waals surface area contributed by atoms with Gasteiger partial charge in [0.05, 0.1) is 11.5 Å². The molecule has 1 saturated heterocycles. The van der Waals surface area contributed by atoms with Crippen molar-refractivity contribution in [2.75, 3.05) is 19.7 Å². The molecule has 4 nitrogen and oxygen atoms in total. The van der Waals surface area contributed by atoms with E-state index in [1.807, 2.05) is 6.92 Å². The predicted molar refractivity (Wildman–Crippen MR) is 79.3 cm³/mol. The molecule has 2 rings (SSSR count). The molecule has 2 atom stereocenters. The summed E-state index contributed by atoms with van der Waals surface area (Å²) in [6, 6.07) is 6.69. The van der Waals surface area contributed by atoms with Gasteiger partial charge in [-0.1, -0.05) is 13.8 Å². The van der Waals surface area contributed by atoms with E-state index in [0.29, 0.717) is 42.2 Å². The molecule has 1 aromatic carbocycles. The van der Waals surface area contributed by atoms with Crippen molar-refractivity contribution in [2.24, 2.45) is 11.8 Å². The molecule has 112 valence electrons. The van der Waals surface area contributed by atoms with Gasteiger partial charge in [0.2, 0.25) is 10.0 Å². The SMILES string of the molecule is CCOc1ccc(S(=O)(=O)N2C[C@H](C)C[C@@H](C)C2)cc1. The summed E-state index contributed by atoms with van der Waals surface area (Å²) in [5, 5.41) is 0. The fourth-order valence-corrected chi connectivity index (χ4v) is 4.51. The number of sulfonamides is 1. The summed E-state index contributed by atoms with van der Waals surface area (Å²) in [5.74, 6) is 1.53. The molecule has 1 heterocycles. The highest BCUT2D eigenvalue weighted by molar-refractivity contribution is 7.89. The largest absolute Gasteiger partial charge is 0.494 e. The van der Waals surface area contributed by atoms with Gasteiger partial charge in [0, 0.05) is 13.1 Å². The summed E-state index contributed by atoms with van der Waals surface area (Å²) in [6.45, 7) is 7.92. The highest BCUT2D eigenvalue weighted by atomic mass is 32.2. The Hall–Kier alpha value is -1.07. The van der Waals surface area contributed by atoms with Crippen molar-refractivity contribution in [3.05, 3.63) is 24.3 Å². The number of benzene rings is 1. The van der Waals surface area contributed by atoms with Gasteiger partial charge in [-0.05, 0) is 49.4 Å². The zero-order valence-electron chi connectivity index (χ0n) is 12.4. The van der Waals surface area contributed by atoms with E-state index in [0.717, 1.165) is 6.42 Å². The second kappa shape index (κ2) is 6.14. The van der Waals surface area contributed by atoms with Crippen LogP contribution in [-0.2, 0) is 10.0 Å². The second-order valence-corrected chi connectivity index (χ2v) is 7.61. The molecule has 0 N–H and O–H groups in total. The standard InChI is InChI=1S/C15H23NO3S/c1-4-19-14-5-7-15(8-6-14)20(17,18)16-10-12(2)9-13(3)11-16/h5-8,12-13H,4,9-11H2,1-3H3/t12-,13-/m1/s1. The van der Waals surface area contributed by atoms with Crippen molar-refractivity contribution in [2.45, 2.75) is 32.1 Å². The third-order valence-electron chi connectivity index (χ3n) is 3.61. The van der Waals surface area contributed by atoms with Crippen LogP contribution in [0.5, 0.6) is 5.75 Å². The summed E-state index contributed by atoms with van der Waals surface area (Å²) in [6.07, 6.45) is 1.09. The van der Waals surface area contributed by atoms with E-state index in [2.05, 4.69) is 13.8 Å². The molecule has 0 spiro atoms. The van der Waals surface area contributed by atoms with Crippen molar-refractivity contribution in [3.63, 3.8) is 0 Å². The lowest BCUT2D eigenvalue weighted by atomic mass is 9.94. The number of hydrogen-bond acceptors (Lipinski definition) is 3. The van der Waals surface area contributed by atoms with Crippen molar-refractivity contribution >= 4 is 10.0 Å².